The summed E-state index contributed by atoms with van der Waals surface area (Å²) in [5, 5.41) is 0. The van der Waals surface area contributed by atoms with Gasteiger partial charge in [-0.1, -0.05) is 13.0 Å². The Hall–Kier alpha value is -2.17. The molecule has 1 saturated heterocycles. The molecule has 1 atom stereocenters. The van der Waals surface area contributed by atoms with Crippen LogP contribution < -0.4 is 10.5 Å². The Kier molecular flexibility index (Phi) is 3.96. The maximum Gasteiger partial charge on any atom is 0.270 e. The van der Waals surface area contributed by atoms with E-state index in [1.807, 2.05) is 13.0 Å². The summed E-state index contributed by atoms with van der Waals surface area (Å²) in [4.78, 5) is 31.0. The number of carbonyl (C=O) groups is 1. The molecule has 5 nitrogen and oxygen atoms in total. The van der Waals surface area contributed by atoms with Gasteiger partial charge in [0.15, 0.2) is 6.29 Å². The number of anilines is 1. The third-order valence-corrected chi connectivity index (χ3v) is 4.55. The molecule has 0 aliphatic carbocycles. The molecule has 3 rings (SSSR count). The number of piperidine rings is 1. The maximum atomic E-state index is 12.6. The van der Waals surface area contributed by atoms with E-state index in [-0.39, 0.29) is 11.1 Å². The van der Waals surface area contributed by atoms with Gasteiger partial charge in [-0.15, -0.1) is 0 Å². The Morgan fingerprint density at radius 3 is 2.95 bits per heavy atom. The fourth-order valence-corrected chi connectivity index (χ4v) is 3.33. The average Bonchev–Trinajstić information content (AvgIpc) is 2.55. The van der Waals surface area contributed by atoms with Crippen molar-refractivity contribution < 1.29 is 4.79 Å². The average molecular weight is 299 g/mol. The molecular formula is C17H21N3O2. The van der Waals surface area contributed by atoms with Crippen LogP contribution in [0.1, 0.15) is 48.5 Å². The van der Waals surface area contributed by atoms with Crippen molar-refractivity contribution in [3.05, 3.63) is 39.8 Å². The molecule has 0 aromatic carbocycles. The lowest BCUT2D eigenvalue weighted by Crippen LogP contribution is -2.41. The van der Waals surface area contributed by atoms with E-state index < -0.39 is 0 Å². The van der Waals surface area contributed by atoms with Crippen LogP contribution in [0, 0.1) is 6.92 Å². The Balaban J connectivity index is 2.26. The number of pyridine rings is 1. The first-order valence-corrected chi connectivity index (χ1v) is 7.91. The summed E-state index contributed by atoms with van der Waals surface area (Å²) in [6.07, 6.45) is 6.67. The van der Waals surface area contributed by atoms with Crippen molar-refractivity contribution in [1.29, 1.82) is 0 Å². The number of rotatable bonds is 3. The fraction of sp³-hybridized carbons (Fsp3) is 0.471. The largest absolute Gasteiger partial charge is 0.353 e. The van der Waals surface area contributed by atoms with Crippen LogP contribution in [0.15, 0.2) is 23.1 Å². The summed E-state index contributed by atoms with van der Waals surface area (Å²) in [5.74, 6) is 0.556. The lowest BCUT2D eigenvalue weighted by atomic mass is 9.99. The van der Waals surface area contributed by atoms with E-state index in [2.05, 4.69) is 16.8 Å². The van der Waals surface area contributed by atoms with E-state index in [4.69, 9.17) is 0 Å². The number of fused-ring (bicyclic) bond motifs is 1. The number of aryl methyl sites for hydroxylation is 1. The molecular weight excluding hydrogens is 278 g/mol. The van der Waals surface area contributed by atoms with Crippen LogP contribution in [0.5, 0.6) is 0 Å². The van der Waals surface area contributed by atoms with E-state index in [1.54, 1.807) is 12.3 Å². The molecule has 0 spiro atoms. The molecule has 0 radical (unpaired) electrons. The zero-order chi connectivity index (χ0) is 15.7. The highest BCUT2D eigenvalue weighted by molar-refractivity contribution is 5.83. The van der Waals surface area contributed by atoms with Crippen molar-refractivity contribution in [3.8, 4) is 0 Å². The van der Waals surface area contributed by atoms with Crippen molar-refractivity contribution in [2.45, 2.75) is 45.6 Å². The minimum atomic E-state index is -0.279. The zero-order valence-corrected chi connectivity index (χ0v) is 13.1. The molecule has 22 heavy (non-hydrogen) atoms. The van der Waals surface area contributed by atoms with Gasteiger partial charge in [0.2, 0.25) is 0 Å². The molecule has 0 N–H and O–H groups in total. The fourth-order valence-electron chi connectivity index (χ4n) is 3.33. The predicted molar refractivity (Wildman–Crippen MR) is 86.9 cm³/mol. The molecule has 0 bridgehead atoms. The zero-order valence-electron chi connectivity index (χ0n) is 13.1. The van der Waals surface area contributed by atoms with Crippen molar-refractivity contribution in [3.63, 3.8) is 0 Å². The van der Waals surface area contributed by atoms with Crippen LogP contribution in [-0.2, 0) is 0 Å². The topological polar surface area (TPSA) is 54.7 Å². The van der Waals surface area contributed by atoms with Crippen molar-refractivity contribution in [2.24, 2.45) is 0 Å². The van der Waals surface area contributed by atoms with E-state index >= 15 is 0 Å². The van der Waals surface area contributed by atoms with Gasteiger partial charge in [0.25, 0.3) is 5.56 Å². The van der Waals surface area contributed by atoms with Crippen LogP contribution in [0.3, 0.4) is 0 Å². The van der Waals surface area contributed by atoms with Gasteiger partial charge in [0, 0.05) is 18.8 Å². The summed E-state index contributed by atoms with van der Waals surface area (Å²) < 4.78 is 1.47. The Morgan fingerprint density at radius 1 is 1.41 bits per heavy atom. The van der Waals surface area contributed by atoms with Gasteiger partial charge in [-0.3, -0.25) is 14.0 Å². The third kappa shape index (κ3) is 2.30. The number of hydrogen-bond acceptors (Lipinski definition) is 4. The summed E-state index contributed by atoms with van der Waals surface area (Å²) in [5.41, 5.74) is 1.46. The number of nitrogens with zero attached hydrogens (tertiary/aromatic N) is 3. The van der Waals surface area contributed by atoms with Gasteiger partial charge >= 0.3 is 0 Å². The van der Waals surface area contributed by atoms with Gasteiger partial charge in [0.05, 0.1) is 0 Å². The van der Waals surface area contributed by atoms with Crippen LogP contribution in [0.2, 0.25) is 0 Å². The van der Waals surface area contributed by atoms with Crippen molar-refractivity contribution >= 4 is 17.8 Å². The van der Waals surface area contributed by atoms with E-state index in [0.717, 1.165) is 31.4 Å². The van der Waals surface area contributed by atoms with Gasteiger partial charge in [0.1, 0.15) is 17.0 Å². The molecule has 5 heteroatoms. The van der Waals surface area contributed by atoms with Crippen LogP contribution in [-0.4, -0.2) is 28.3 Å². The molecule has 0 saturated carbocycles. The first kappa shape index (κ1) is 14.8. The van der Waals surface area contributed by atoms with Gasteiger partial charge in [-0.05, 0) is 44.2 Å². The smallest absolute Gasteiger partial charge is 0.270 e. The highest BCUT2D eigenvalue weighted by Gasteiger charge is 2.26. The van der Waals surface area contributed by atoms with Crippen LogP contribution in [0.4, 0.5) is 5.82 Å². The quantitative estimate of drug-likeness (QED) is 0.817. The lowest BCUT2D eigenvalue weighted by Gasteiger charge is -2.36. The summed E-state index contributed by atoms with van der Waals surface area (Å²) >= 11 is 0. The molecule has 1 aliphatic rings. The number of aromatic nitrogens is 2. The molecule has 1 aliphatic heterocycles. The Bertz CT molecular complexity index is 766. The van der Waals surface area contributed by atoms with E-state index in [9.17, 15) is 9.59 Å². The maximum absolute atomic E-state index is 12.6. The van der Waals surface area contributed by atoms with Crippen LogP contribution in [0.25, 0.3) is 5.65 Å². The normalized spacial score (nSPS) is 18.6. The van der Waals surface area contributed by atoms with Gasteiger partial charge in [-0.25, -0.2) is 4.98 Å². The number of hydrogen-bond donors (Lipinski definition) is 0. The summed E-state index contributed by atoms with van der Waals surface area (Å²) in [7, 11) is 0. The standard InChI is InChI=1S/C17H21N3O2/c1-3-13-8-4-5-9-19(13)16-14(11-21)17(22)20-10-6-7-12(2)15(20)18-16/h6-7,10-11,13H,3-5,8-9H2,1-2H3. The first-order chi connectivity index (χ1) is 10.7. The lowest BCUT2D eigenvalue weighted by molar-refractivity contribution is 0.112. The number of carbonyl (C=O) groups excluding carboxylic acids is 1. The predicted octanol–water partition coefficient (Wildman–Crippen LogP) is 2.58. The number of aldehydes is 1. The van der Waals surface area contributed by atoms with Crippen LogP contribution >= 0.6 is 0 Å². The second-order valence-corrected chi connectivity index (χ2v) is 5.91. The molecule has 0 amide bonds. The molecule has 1 unspecified atom stereocenters. The minimum Gasteiger partial charge on any atom is -0.353 e. The molecule has 2 aromatic rings. The summed E-state index contributed by atoms with van der Waals surface area (Å²) in [6, 6.07) is 4.08. The van der Waals surface area contributed by atoms with E-state index in [1.165, 1.54) is 10.8 Å². The minimum absolute atomic E-state index is 0.170. The Morgan fingerprint density at radius 2 is 2.23 bits per heavy atom. The SMILES string of the molecule is CCC1CCCCN1c1nc2c(C)cccn2c(=O)c1C=O. The Labute approximate surface area is 129 Å². The molecule has 2 aromatic heterocycles. The first-order valence-electron chi connectivity index (χ1n) is 7.91. The van der Waals surface area contributed by atoms with Crippen molar-refractivity contribution in [2.75, 3.05) is 11.4 Å². The monoisotopic (exact) mass is 299 g/mol. The second kappa shape index (κ2) is 5.91. The van der Waals surface area contributed by atoms with Gasteiger partial charge in [-0.2, -0.15) is 0 Å². The third-order valence-electron chi connectivity index (χ3n) is 4.55. The van der Waals surface area contributed by atoms with E-state index in [0.29, 0.717) is 23.8 Å². The van der Waals surface area contributed by atoms with Gasteiger partial charge < -0.3 is 4.90 Å². The molecule has 1 fully saturated rings. The summed E-state index contributed by atoms with van der Waals surface area (Å²) in [6.45, 7) is 4.93. The second-order valence-electron chi connectivity index (χ2n) is 5.91. The highest BCUT2D eigenvalue weighted by Crippen LogP contribution is 2.26. The highest BCUT2D eigenvalue weighted by atomic mass is 16.1. The molecule has 3 heterocycles. The van der Waals surface area contributed by atoms with Crippen molar-refractivity contribution in [1.82, 2.24) is 9.38 Å². The molecule has 116 valence electrons.